The zero-order chi connectivity index (χ0) is 54.6. The minimum absolute atomic E-state index is 0.0173. The Hall–Kier alpha value is -5.44. The number of alkyl carbamates (subject to hydrolysis) is 1. The summed E-state index contributed by atoms with van der Waals surface area (Å²) >= 11 is 0. The van der Waals surface area contributed by atoms with E-state index < -0.39 is 109 Å². The molecule has 2 aromatic carbocycles. The van der Waals surface area contributed by atoms with Gasteiger partial charge in [0, 0.05) is 31.4 Å². The molecule has 406 valence electrons. The lowest BCUT2D eigenvalue weighted by Gasteiger charge is -2.43. The standard InChI is InChI=1S/C51H74N6O14SSi2/c1-34-29-57(46-42(70-74(10,11)50(5,6)7)51(39(52)33-72(64,65)71-51)40(69-46)32-68-73(8,9)49(2,3)4)48(63)56(44(34)60)27-19-25-53-43(59)38-24-18-26-55(38)45(61)37(28-41(58)66-30-35-20-14-12-15-21-35)54-47(62)67-31-36-22-16-13-17-23-36/h12-17,20-23,29,33,37-38,40,42,46H,18-19,24-28,30-32,52H2,1-11H3,(H,53,59)(H,54,62)/t37-,38-,40+,42-,46+,51+/m0/s1. The molecule has 2 fully saturated rings. The molecule has 0 unspecified atom stereocenters. The second-order valence-electron chi connectivity index (χ2n) is 22.2. The smallest absolute Gasteiger partial charge is 0.408 e. The van der Waals surface area contributed by atoms with Gasteiger partial charge in [-0.1, -0.05) is 102 Å². The van der Waals surface area contributed by atoms with Crippen molar-refractivity contribution < 1.29 is 54.8 Å². The van der Waals surface area contributed by atoms with Crippen molar-refractivity contribution in [1.82, 2.24) is 24.7 Å². The number of aromatic nitrogens is 2. The lowest BCUT2D eigenvalue weighted by molar-refractivity contribution is -0.149. The highest BCUT2D eigenvalue weighted by molar-refractivity contribution is 7.90. The second-order valence-corrected chi connectivity index (χ2v) is 33.2. The summed E-state index contributed by atoms with van der Waals surface area (Å²) in [5, 5.41) is 5.53. The predicted molar refractivity (Wildman–Crippen MR) is 281 cm³/mol. The Morgan fingerprint density at radius 3 is 2.05 bits per heavy atom. The van der Waals surface area contributed by atoms with Crippen LogP contribution in [0.2, 0.25) is 36.3 Å². The van der Waals surface area contributed by atoms with E-state index in [9.17, 15) is 37.2 Å². The number of hydrogen-bond acceptors (Lipinski definition) is 15. The third-order valence-electron chi connectivity index (χ3n) is 14.8. The highest BCUT2D eigenvalue weighted by atomic mass is 32.2. The number of hydrogen-bond donors (Lipinski definition) is 3. The summed E-state index contributed by atoms with van der Waals surface area (Å²) in [5.41, 5.74) is 4.76. The predicted octanol–water partition coefficient (Wildman–Crippen LogP) is 5.45. The number of rotatable bonds is 19. The van der Waals surface area contributed by atoms with Crippen molar-refractivity contribution in [3.63, 3.8) is 0 Å². The molecule has 6 rings (SSSR count). The Bertz CT molecular complexity index is 2740. The van der Waals surface area contributed by atoms with E-state index in [-0.39, 0.29) is 68.6 Å². The molecule has 4 heterocycles. The molecule has 23 heteroatoms. The maximum Gasteiger partial charge on any atom is 0.408 e. The van der Waals surface area contributed by atoms with Crippen LogP contribution in [0.1, 0.15) is 90.1 Å². The Kier molecular flexibility index (Phi) is 17.8. The van der Waals surface area contributed by atoms with Gasteiger partial charge in [-0.05, 0) is 73.6 Å². The first-order chi connectivity index (χ1) is 34.5. The van der Waals surface area contributed by atoms with Gasteiger partial charge >= 0.3 is 17.8 Å². The molecule has 2 saturated heterocycles. The average Bonchev–Trinajstić information content (AvgIpc) is 4.00. The molecule has 3 amide bonds. The molecular formula is C51H74N6O14SSi2. The lowest BCUT2D eigenvalue weighted by Crippen LogP contribution is -2.59. The molecule has 1 aromatic heterocycles. The summed E-state index contributed by atoms with van der Waals surface area (Å²) < 4.78 is 66.0. The van der Waals surface area contributed by atoms with Gasteiger partial charge in [0.25, 0.3) is 15.7 Å². The molecule has 74 heavy (non-hydrogen) atoms. The summed E-state index contributed by atoms with van der Waals surface area (Å²) in [6.07, 6.45) is -3.12. The average molecular weight is 1080 g/mol. The zero-order valence-electron chi connectivity index (χ0n) is 44.4. The van der Waals surface area contributed by atoms with Crippen LogP contribution in [0.3, 0.4) is 0 Å². The minimum atomic E-state index is -4.35. The van der Waals surface area contributed by atoms with Crippen LogP contribution in [-0.2, 0) is 71.5 Å². The molecule has 0 saturated carbocycles. The number of esters is 1. The molecule has 3 aliphatic rings. The van der Waals surface area contributed by atoms with Crippen molar-refractivity contribution in [2.75, 3.05) is 19.7 Å². The van der Waals surface area contributed by atoms with E-state index in [1.54, 1.807) is 48.5 Å². The van der Waals surface area contributed by atoms with Crippen LogP contribution >= 0.6 is 0 Å². The quantitative estimate of drug-likeness (QED) is 0.0584. The third-order valence-corrected chi connectivity index (χ3v) is 24.8. The second kappa shape index (κ2) is 22.8. The summed E-state index contributed by atoms with van der Waals surface area (Å²) in [4.78, 5) is 84.0. The Morgan fingerprint density at radius 2 is 1.49 bits per heavy atom. The van der Waals surface area contributed by atoms with E-state index in [1.807, 2.05) is 59.1 Å². The van der Waals surface area contributed by atoms with Crippen molar-refractivity contribution in [1.29, 1.82) is 0 Å². The monoisotopic (exact) mass is 1080 g/mol. The van der Waals surface area contributed by atoms with Crippen LogP contribution in [0.4, 0.5) is 4.79 Å². The fourth-order valence-electron chi connectivity index (χ4n) is 8.49. The highest BCUT2D eigenvalue weighted by Crippen LogP contribution is 2.52. The van der Waals surface area contributed by atoms with Crippen LogP contribution in [0.5, 0.6) is 0 Å². The maximum atomic E-state index is 14.7. The lowest BCUT2D eigenvalue weighted by atomic mass is 9.89. The SMILES string of the molecule is Cc1cn([C@@H]2O[C@H](CO[Si](C)(C)C(C)(C)C)[C@@]3(OS(=O)(=O)C=C3N)[C@H]2O[Si](C)(C)C(C)(C)C)c(=O)n(CCCNC(=O)[C@@H]2CCCN2C(=O)[C@H](CC(=O)OCc2ccccc2)NC(=O)OCc2ccccc2)c1=O. The van der Waals surface area contributed by atoms with E-state index in [1.165, 1.54) is 22.6 Å². The highest BCUT2D eigenvalue weighted by Gasteiger charge is 2.67. The normalized spacial score (nSPS) is 22.3. The molecule has 4 N–H and O–H groups in total. The van der Waals surface area contributed by atoms with Gasteiger partial charge in [-0.2, -0.15) is 8.42 Å². The van der Waals surface area contributed by atoms with Gasteiger partial charge in [0.05, 0.1) is 24.1 Å². The van der Waals surface area contributed by atoms with E-state index >= 15 is 0 Å². The van der Waals surface area contributed by atoms with E-state index in [0.717, 1.165) is 15.5 Å². The van der Waals surface area contributed by atoms with Gasteiger partial charge in [-0.15, -0.1) is 0 Å². The fourth-order valence-corrected chi connectivity index (χ4v) is 12.0. The van der Waals surface area contributed by atoms with E-state index in [2.05, 4.69) is 31.4 Å². The minimum Gasteiger partial charge on any atom is -0.461 e. The Morgan fingerprint density at radius 1 is 0.892 bits per heavy atom. The number of aryl methyl sites for hydroxylation is 1. The van der Waals surface area contributed by atoms with Crippen LogP contribution < -0.4 is 27.6 Å². The van der Waals surface area contributed by atoms with Gasteiger partial charge in [0.2, 0.25) is 11.8 Å². The number of nitrogens with zero attached hydrogens (tertiary/aromatic N) is 3. The van der Waals surface area contributed by atoms with E-state index in [0.29, 0.717) is 12.0 Å². The van der Waals surface area contributed by atoms with Gasteiger partial charge in [0.1, 0.15) is 37.5 Å². The fraction of sp³-hybridized carbons (Fsp3) is 0.569. The molecule has 3 aromatic rings. The van der Waals surface area contributed by atoms with Crippen LogP contribution in [0.25, 0.3) is 0 Å². The number of carbonyl (C=O) groups excluding carboxylic acids is 4. The van der Waals surface area contributed by atoms with Gasteiger partial charge in [-0.3, -0.25) is 28.3 Å². The van der Waals surface area contributed by atoms with Crippen LogP contribution in [0, 0.1) is 6.92 Å². The van der Waals surface area contributed by atoms with Crippen molar-refractivity contribution >= 4 is 50.6 Å². The number of amides is 3. The molecular weight excluding hydrogens is 1010 g/mol. The zero-order valence-corrected chi connectivity index (χ0v) is 47.2. The maximum absolute atomic E-state index is 14.7. The molecule has 0 bridgehead atoms. The van der Waals surface area contributed by atoms with Crippen LogP contribution in [0.15, 0.2) is 87.6 Å². The van der Waals surface area contributed by atoms with Gasteiger partial charge in [0.15, 0.2) is 28.5 Å². The summed E-state index contributed by atoms with van der Waals surface area (Å²) in [5.74, 6) is -1.95. The van der Waals surface area contributed by atoms with Gasteiger partial charge < -0.3 is 44.3 Å². The first-order valence-corrected chi connectivity index (χ1v) is 32.2. The molecule has 20 nitrogen and oxygen atoms in total. The Labute approximate surface area is 435 Å². The first kappa shape index (κ1) is 57.8. The number of likely N-dealkylation sites (tertiary alicyclic amines) is 1. The molecule has 3 aliphatic heterocycles. The van der Waals surface area contributed by atoms with Gasteiger partial charge in [-0.25, -0.2) is 13.8 Å². The summed E-state index contributed by atoms with van der Waals surface area (Å²) in [7, 11) is -9.72. The molecule has 0 radical (unpaired) electrons. The molecule has 6 atom stereocenters. The number of nitrogens with one attached hydrogen (secondary N) is 2. The van der Waals surface area contributed by atoms with Crippen molar-refractivity contribution in [3.8, 4) is 0 Å². The Balaban J connectivity index is 1.20. The first-order valence-electron chi connectivity index (χ1n) is 25.0. The molecule has 0 aliphatic carbocycles. The third kappa shape index (κ3) is 13.1. The number of nitrogens with two attached hydrogens (primary N) is 1. The number of ether oxygens (including phenoxy) is 3. The summed E-state index contributed by atoms with van der Waals surface area (Å²) in [6, 6.07) is 15.5. The van der Waals surface area contributed by atoms with Crippen molar-refractivity contribution in [2.24, 2.45) is 5.73 Å². The topological polar surface area (TPSA) is 255 Å². The number of benzene rings is 2. The number of carbonyl (C=O) groups is 4. The van der Waals surface area contributed by atoms with Crippen molar-refractivity contribution in [3.05, 3.63) is 115 Å². The largest absolute Gasteiger partial charge is 0.461 e. The molecule has 1 spiro atoms. The van der Waals surface area contributed by atoms with Crippen molar-refractivity contribution in [2.45, 2.75) is 166 Å². The van der Waals surface area contributed by atoms with Crippen LogP contribution in [-0.4, -0.2) is 113 Å². The summed E-state index contributed by atoms with van der Waals surface area (Å²) in [6.45, 7) is 21.4. The van der Waals surface area contributed by atoms with E-state index in [4.69, 9.17) is 33.0 Å².